The van der Waals surface area contributed by atoms with Gasteiger partial charge in [0.25, 0.3) is 0 Å². The molecular weight excluding hydrogens is 214 g/mol. The molecule has 5 heteroatoms. The molecule has 0 aliphatic carbocycles. The Kier molecular flexibility index (Phi) is 3.47. The van der Waals surface area contributed by atoms with Crippen molar-refractivity contribution in [1.29, 1.82) is 0 Å². The summed E-state index contributed by atoms with van der Waals surface area (Å²) in [6.45, 7) is 5.30. The number of para-hydroxylation sites is 1. The Balaban J connectivity index is 2.78. The van der Waals surface area contributed by atoms with Crippen molar-refractivity contribution in [3.8, 4) is 0 Å². The molecular formula is C11H14F2N2O. The largest absolute Gasteiger partial charge is 0.333 e. The number of carbonyl (C=O) groups excluding carboxylic acids is 1. The molecule has 0 heterocycles. The van der Waals surface area contributed by atoms with E-state index in [1.54, 1.807) is 20.8 Å². The molecule has 0 aliphatic heterocycles. The van der Waals surface area contributed by atoms with Crippen LogP contribution in [-0.4, -0.2) is 11.6 Å². The van der Waals surface area contributed by atoms with E-state index in [4.69, 9.17) is 0 Å². The van der Waals surface area contributed by atoms with E-state index in [0.29, 0.717) is 0 Å². The van der Waals surface area contributed by atoms with Crippen molar-refractivity contribution in [2.24, 2.45) is 0 Å². The van der Waals surface area contributed by atoms with Crippen LogP contribution in [0.4, 0.5) is 19.3 Å². The van der Waals surface area contributed by atoms with Gasteiger partial charge >= 0.3 is 6.03 Å². The van der Waals surface area contributed by atoms with Gasteiger partial charge in [0.15, 0.2) is 0 Å². The van der Waals surface area contributed by atoms with Crippen LogP contribution in [0.5, 0.6) is 0 Å². The first-order chi connectivity index (χ1) is 7.29. The monoisotopic (exact) mass is 228 g/mol. The number of halogens is 2. The van der Waals surface area contributed by atoms with Crippen LogP contribution >= 0.6 is 0 Å². The molecule has 1 rings (SSSR count). The van der Waals surface area contributed by atoms with Crippen molar-refractivity contribution in [1.82, 2.24) is 5.32 Å². The van der Waals surface area contributed by atoms with E-state index in [2.05, 4.69) is 10.6 Å². The second-order valence-corrected chi connectivity index (χ2v) is 4.43. The molecule has 0 fully saturated rings. The van der Waals surface area contributed by atoms with Gasteiger partial charge in [0.1, 0.15) is 17.3 Å². The molecule has 0 saturated heterocycles. The third-order valence-corrected chi connectivity index (χ3v) is 1.69. The summed E-state index contributed by atoms with van der Waals surface area (Å²) in [6.07, 6.45) is 0. The minimum Gasteiger partial charge on any atom is -0.333 e. The fourth-order valence-electron chi connectivity index (χ4n) is 1.10. The molecule has 0 aliphatic rings. The first-order valence-electron chi connectivity index (χ1n) is 4.83. The van der Waals surface area contributed by atoms with Crippen molar-refractivity contribution in [2.45, 2.75) is 26.3 Å². The molecule has 88 valence electrons. The number of rotatable bonds is 1. The smallest absolute Gasteiger partial charge is 0.319 e. The van der Waals surface area contributed by atoms with Gasteiger partial charge in [0, 0.05) is 5.54 Å². The lowest BCUT2D eigenvalue weighted by molar-refractivity contribution is 0.243. The van der Waals surface area contributed by atoms with Gasteiger partial charge < -0.3 is 10.6 Å². The summed E-state index contributed by atoms with van der Waals surface area (Å²) in [5, 5.41) is 4.67. The molecule has 0 unspecified atom stereocenters. The molecule has 1 aromatic rings. The number of nitrogens with one attached hydrogen (secondary N) is 2. The van der Waals surface area contributed by atoms with Gasteiger partial charge in [-0.05, 0) is 32.9 Å². The molecule has 0 atom stereocenters. The van der Waals surface area contributed by atoms with Crippen LogP contribution in [0.3, 0.4) is 0 Å². The second-order valence-electron chi connectivity index (χ2n) is 4.43. The van der Waals surface area contributed by atoms with Gasteiger partial charge in [0.2, 0.25) is 0 Å². The van der Waals surface area contributed by atoms with Gasteiger partial charge in [-0.15, -0.1) is 0 Å². The lowest BCUT2D eigenvalue weighted by Crippen LogP contribution is -2.43. The number of amides is 2. The maximum absolute atomic E-state index is 13.2. The average molecular weight is 228 g/mol. The standard InChI is InChI=1S/C11H14F2N2O/c1-11(2,3)15-10(16)14-9-7(12)5-4-6-8(9)13/h4-6H,1-3H3,(H2,14,15,16). The molecule has 1 aromatic carbocycles. The third-order valence-electron chi connectivity index (χ3n) is 1.69. The van der Waals surface area contributed by atoms with E-state index in [9.17, 15) is 13.6 Å². The summed E-state index contributed by atoms with van der Waals surface area (Å²) in [7, 11) is 0. The predicted octanol–water partition coefficient (Wildman–Crippen LogP) is 2.88. The first kappa shape index (κ1) is 12.4. The highest BCUT2D eigenvalue weighted by atomic mass is 19.1. The quantitative estimate of drug-likeness (QED) is 0.762. The number of anilines is 1. The molecule has 16 heavy (non-hydrogen) atoms. The molecule has 3 nitrogen and oxygen atoms in total. The van der Waals surface area contributed by atoms with Crippen LogP contribution in [-0.2, 0) is 0 Å². The zero-order chi connectivity index (χ0) is 12.3. The van der Waals surface area contributed by atoms with Crippen LogP contribution in [0.15, 0.2) is 18.2 Å². The Morgan fingerprint density at radius 3 is 2.12 bits per heavy atom. The molecule has 2 amide bonds. The van der Waals surface area contributed by atoms with Gasteiger partial charge in [0.05, 0.1) is 0 Å². The SMILES string of the molecule is CC(C)(C)NC(=O)Nc1c(F)cccc1F. The number of carbonyl (C=O) groups is 1. The van der Waals surface area contributed by atoms with E-state index < -0.39 is 28.9 Å². The summed E-state index contributed by atoms with van der Waals surface area (Å²) in [5.74, 6) is -1.60. The lowest BCUT2D eigenvalue weighted by Gasteiger charge is -2.20. The summed E-state index contributed by atoms with van der Waals surface area (Å²) in [4.78, 5) is 11.4. The predicted molar refractivity (Wildman–Crippen MR) is 58.3 cm³/mol. The fourth-order valence-corrected chi connectivity index (χ4v) is 1.10. The Morgan fingerprint density at radius 1 is 1.19 bits per heavy atom. The normalized spacial score (nSPS) is 11.1. The van der Waals surface area contributed by atoms with Gasteiger partial charge in [-0.1, -0.05) is 6.07 Å². The minimum atomic E-state index is -0.802. The van der Waals surface area contributed by atoms with Gasteiger partial charge in [-0.25, -0.2) is 13.6 Å². The summed E-state index contributed by atoms with van der Waals surface area (Å²) < 4.78 is 26.3. The molecule has 0 bridgehead atoms. The van der Waals surface area contributed by atoms with Crippen molar-refractivity contribution in [3.63, 3.8) is 0 Å². The summed E-state index contributed by atoms with van der Waals surface area (Å²) in [5.41, 5.74) is -0.907. The molecule has 2 N–H and O–H groups in total. The molecule has 0 saturated carbocycles. The van der Waals surface area contributed by atoms with E-state index >= 15 is 0 Å². The summed E-state index contributed by atoms with van der Waals surface area (Å²) in [6, 6.07) is 2.75. The van der Waals surface area contributed by atoms with Crippen LogP contribution in [0.1, 0.15) is 20.8 Å². The van der Waals surface area contributed by atoms with Crippen molar-refractivity contribution in [2.75, 3.05) is 5.32 Å². The molecule has 0 spiro atoms. The minimum absolute atomic E-state index is 0.441. The highest BCUT2D eigenvalue weighted by molar-refractivity contribution is 5.89. The Bertz CT molecular complexity index is 379. The van der Waals surface area contributed by atoms with Crippen LogP contribution in [0, 0.1) is 11.6 Å². The van der Waals surface area contributed by atoms with Crippen molar-refractivity contribution < 1.29 is 13.6 Å². The topological polar surface area (TPSA) is 41.1 Å². The highest BCUT2D eigenvalue weighted by Gasteiger charge is 2.16. The van der Waals surface area contributed by atoms with Crippen molar-refractivity contribution >= 4 is 11.7 Å². The number of benzene rings is 1. The number of hydrogen-bond acceptors (Lipinski definition) is 1. The molecule has 0 aromatic heterocycles. The lowest BCUT2D eigenvalue weighted by atomic mass is 10.1. The fraction of sp³-hybridized carbons (Fsp3) is 0.364. The maximum atomic E-state index is 13.2. The third kappa shape index (κ3) is 3.49. The van der Waals surface area contributed by atoms with Gasteiger partial charge in [-0.3, -0.25) is 0 Å². The van der Waals surface area contributed by atoms with E-state index in [1.807, 2.05) is 0 Å². The van der Waals surface area contributed by atoms with Crippen LogP contribution in [0.2, 0.25) is 0 Å². The van der Waals surface area contributed by atoms with E-state index in [1.165, 1.54) is 6.07 Å². The maximum Gasteiger partial charge on any atom is 0.319 e. The number of hydrogen-bond donors (Lipinski definition) is 2. The number of urea groups is 1. The summed E-state index contributed by atoms with van der Waals surface area (Å²) >= 11 is 0. The Hall–Kier alpha value is -1.65. The Labute approximate surface area is 92.8 Å². The van der Waals surface area contributed by atoms with E-state index in [-0.39, 0.29) is 0 Å². The zero-order valence-corrected chi connectivity index (χ0v) is 9.40. The van der Waals surface area contributed by atoms with Crippen LogP contribution in [0.25, 0.3) is 0 Å². The second kappa shape index (κ2) is 4.47. The Morgan fingerprint density at radius 2 is 1.69 bits per heavy atom. The zero-order valence-electron chi connectivity index (χ0n) is 9.40. The highest BCUT2D eigenvalue weighted by Crippen LogP contribution is 2.17. The first-order valence-corrected chi connectivity index (χ1v) is 4.83. The van der Waals surface area contributed by atoms with Crippen molar-refractivity contribution in [3.05, 3.63) is 29.8 Å². The molecule has 0 radical (unpaired) electrons. The van der Waals surface area contributed by atoms with Crippen LogP contribution < -0.4 is 10.6 Å². The van der Waals surface area contributed by atoms with Gasteiger partial charge in [-0.2, -0.15) is 0 Å². The van der Waals surface area contributed by atoms with E-state index in [0.717, 1.165) is 12.1 Å². The average Bonchev–Trinajstić information content (AvgIpc) is 2.08.